The number of nitro benzene ring substituents is 1. The molecule has 1 N–H and O–H groups in total. The third-order valence-corrected chi connectivity index (χ3v) is 5.03. The number of ether oxygens (including phenoxy) is 2. The molecule has 1 amide bonds. The summed E-state index contributed by atoms with van der Waals surface area (Å²) in [6.45, 7) is 3.88. The van der Waals surface area contributed by atoms with Crippen molar-refractivity contribution in [2.45, 2.75) is 20.5 Å². The fourth-order valence-electron chi connectivity index (χ4n) is 3.25. The number of nitro groups is 1. The number of rotatable bonds is 8. The summed E-state index contributed by atoms with van der Waals surface area (Å²) < 4.78 is 11.1. The van der Waals surface area contributed by atoms with Crippen molar-refractivity contribution in [2.24, 2.45) is 0 Å². The maximum Gasteiger partial charge on any atom is 0.269 e. The molecule has 8 heteroatoms. The number of aryl methyl sites for hydroxylation is 2. The van der Waals surface area contributed by atoms with Gasteiger partial charge in [0.05, 0.1) is 12.0 Å². The number of nitrogens with zero attached hydrogens (tertiary/aromatic N) is 2. The number of anilines is 1. The molecule has 0 heterocycles. The summed E-state index contributed by atoms with van der Waals surface area (Å²) >= 11 is 0. The Kier molecular flexibility index (Phi) is 7.62. The van der Waals surface area contributed by atoms with E-state index in [1.54, 1.807) is 36.4 Å². The molecule has 0 saturated carbocycles. The van der Waals surface area contributed by atoms with Gasteiger partial charge in [0.15, 0.2) is 0 Å². The van der Waals surface area contributed by atoms with Crippen LogP contribution in [0.3, 0.4) is 0 Å². The Bertz CT molecular complexity index is 1310. The van der Waals surface area contributed by atoms with Crippen molar-refractivity contribution >= 4 is 23.4 Å². The van der Waals surface area contributed by atoms with Gasteiger partial charge in [0, 0.05) is 29.4 Å². The maximum absolute atomic E-state index is 12.8. The maximum atomic E-state index is 12.8. The molecule has 0 aromatic heterocycles. The summed E-state index contributed by atoms with van der Waals surface area (Å²) in [5.74, 6) is 0.331. The third-order valence-electron chi connectivity index (χ3n) is 5.03. The minimum Gasteiger partial charge on any atom is -0.497 e. The Morgan fingerprint density at radius 3 is 2.62 bits per heavy atom. The van der Waals surface area contributed by atoms with Crippen LogP contribution in [-0.2, 0) is 11.4 Å². The predicted molar refractivity (Wildman–Crippen MR) is 129 cm³/mol. The lowest BCUT2D eigenvalue weighted by molar-refractivity contribution is -0.384. The van der Waals surface area contributed by atoms with E-state index in [9.17, 15) is 20.2 Å². The first-order chi connectivity index (χ1) is 16.3. The Morgan fingerprint density at radius 2 is 1.94 bits per heavy atom. The largest absolute Gasteiger partial charge is 0.497 e. The van der Waals surface area contributed by atoms with Crippen LogP contribution in [0.15, 0.2) is 66.2 Å². The summed E-state index contributed by atoms with van der Waals surface area (Å²) in [5, 5.41) is 23.4. The van der Waals surface area contributed by atoms with Gasteiger partial charge >= 0.3 is 0 Å². The van der Waals surface area contributed by atoms with Gasteiger partial charge in [0.1, 0.15) is 29.7 Å². The number of hydrogen-bond donors (Lipinski definition) is 1. The van der Waals surface area contributed by atoms with Crippen LogP contribution in [0.25, 0.3) is 6.08 Å². The molecule has 0 aliphatic carbocycles. The number of nitriles is 1. The monoisotopic (exact) mass is 457 g/mol. The second-order valence-electron chi connectivity index (χ2n) is 7.56. The smallest absolute Gasteiger partial charge is 0.269 e. The Labute approximate surface area is 197 Å². The second-order valence-corrected chi connectivity index (χ2v) is 7.56. The van der Waals surface area contributed by atoms with E-state index in [1.807, 2.05) is 32.0 Å². The molecule has 0 saturated heterocycles. The van der Waals surface area contributed by atoms with Crippen LogP contribution in [0.4, 0.5) is 11.4 Å². The van der Waals surface area contributed by atoms with Crippen molar-refractivity contribution in [2.75, 3.05) is 12.4 Å². The molecule has 0 unspecified atom stereocenters. The number of methoxy groups -OCH3 is 1. The van der Waals surface area contributed by atoms with Gasteiger partial charge < -0.3 is 14.8 Å². The summed E-state index contributed by atoms with van der Waals surface area (Å²) in [5.41, 5.74) is 3.51. The zero-order valence-electron chi connectivity index (χ0n) is 19.0. The highest BCUT2D eigenvalue weighted by Crippen LogP contribution is 2.28. The topological polar surface area (TPSA) is 114 Å². The number of nitrogens with one attached hydrogen (secondary N) is 1. The number of non-ortho nitro benzene ring substituents is 1. The lowest BCUT2D eigenvalue weighted by Crippen LogP contribution is -2.14. The lowest BCUT2D eigenvalue weighted by Gasteiger charge is -2.12. The van der Waals surface area contributed by atoms with Crippen molar-refractivity contribution in [3.05, 3.63) is 98.6 Å². The molecule has 0 bridgehead atoms. The van der Waals surface area contributed by atoms with E-state index in [0.29, 0.717) is 28.3 Å². The molecule has 0 fully saturated rings. The lowest BCUT2D eigenvalue weighted by atomic mass is 10.1. The molecule has 8 nitrogen and oxygen atoms in total. The van der Waals surface area contributed by atoms with Gasteiger partial charge in [-0.3, -0.25) is 14.9 Å². The molecule has 0 spiro atoms. The molecule has 0 radical (unpaired) electrons. The van der Waals surface area contributed by atoms with E-state index >= 15 is 0 Å². The van der Waals surface area contributed by atoms with Gasteiger partial charge in [0.25, 0.3) is 11.6 Å². The van der Waals surface area contributed by atoms with Gasteiger partial charge in [-0.05, 0) is 49.2 Å². The fraction of sp³-hybridized carbons (Fsp3) is 0.154. The molecule has 0 aliphatic rings. The fourth-order valence-corrected chi connectivity index (χ4v) is 3.25. The highest BCUT2D eigenvalue weighted by atomic mass is 16.6. The van der Waals surface area contributed by atoms with Crippen LogP contribution in [0.2, 0.25) is 0 Å². The molecule has 34 heavy (non-hydrogen) atoms. The van der Waals surface area contributed by atoms with Crippen molar-refractivity contribution in [1.29, 1.82) is 5.26 Å². The first kappa shape index (κ1) is 24.0. The molecular weight excluding hydrogens is 434 g/mol. The number of hydrogen-bond acceptors (Lipinski definition) is 6. The van der Waals surface area contributed by atoms with Crippen molar-refractivity contribution in [3.8, 4) is 17.6 Å². The summed E-state index contributed by atoms with van der Waals surface area (Å²) in [6, 6.07) is 18.6. The number of carbonyl (C=O) groups excluding carboxylic acids is 1. The van der Waals surface area contributed by atoms with E-state index in [1.165, 1.54) is 25.3 Å². The zero-order valence-corrected chi connectivity index (χ0v) is 19.0. The molecule has 3 aromatic carbocycles. The minimum absolute atomic E-state index is 0.0401. The summed E-state index contributed by atoms with van der Waals surface area (Å²) in [7, 11) is 1.51. The van der Waals surface area contributed by atoms with Gasteiger partial charge in [-0.15, -0.1) is 0 Å². The zero-order chi connectivity index (χ0) is 24.7. The molecule has 172 valence electrons. The van der Waals surface area contributed by atoms with Crippen LogP contribution in [0, 0.1) is 35.3 Å². The van der Waals surface area contributed by atoms with Crippen molar-refractivity contribution in [1.82, 2.24) is 0 Å². The number of benzene rings is 3. The van der Waals surface area contributed by atoms with Crippen LogP contribution >= 0.6 is 0 Å². The third kappa shape index (κ3) is 5.99. The van der Waals surface area contributed by atoms with Crippen LogP contribution in [-0.4, -0.2) is 17.9 Å². The Balaban J connectivity index is 1.87. The normalized spacial score (nSPS) is 10.8. The van der Waals surface area contributed by atoms with Crippen molar-refractivity contribution in [3.63, 3.8) is 0 Å². The van der Waals surface area contributed by atoms with Crippen LogP contribution in [0.1, 0.15) is 22.3 Å². The van der Waals surface area contributed by atoms with Crippen LogP contribution in [0.5, 0.6) is 11.5 Å². The van der Waals surface area contributed by atoms with Crippen LogP contribution < -0.4 is 14.8 Å². The average Bonchev–Trinajstić information content (AvgIpc) is 2.83. The van der Waals surface area contributed by atoms with Crippen molar-refractivity contribution < 1.29 is 19.2 Å². The molecule has 3 rings (SSSR count). The van der Waals surface area contributed by atoms with Gasteiger partial charge in [-0.1, -0.05) is 29.8 Å². The highest BCUT2D eigenvalue weighted by molar-refractivity contribution is 6.10. The highest BCUT2D eigenvalue weighted by Gasteiger charge is 2.14. The SMILES string of the molecule is COc1ccc(/C=C(\C#N)C(=O)Nc2ccc(C)cc2C)c(OCc2cccc([N+](=O)[O-])c2)c1. The first-order valence-electron chi connectivity index (χ1n) is 10.3. The summed E-state index contributed by atoms with van der Waals surface area (Å²) in [6.07, 6.45) is 1.43. The molecule has 3 aromatic rings. The van der Waals surface area contributed by atoms with Gasteiger partial charge in [-0.2, -0.15) is 5.26 Å². The first-order valence-corrected chi connectivity index (χ1v) is 10.3. The van der Waals surface area contributed by atoms with E-state index in [-0.39, 0.29) is 17.9 Å². The second kappa shape index (κ2) is 10.8. The van der Waals surface area contributed by atoms with E-state index < -0.39 is 10.8 Å². The minimum atomic E-state index is -0.546. The van der Waals surface area contributed by atoms with E-state index in [0.717, 1.165) is 11.1 Å². The number of carbonyl (C=O) groups is 1. The number of amides is 1. The predicted octanol–water partition coefficient (Wildman–Crippen LogP) is 5.34. The van der Waals surface area contributed by atoms with Gasteiger partial charge in [-0.25, -0.2) is 0 Å². The quantitative estimate of drug-likeness (QED) is 0.211. The Hall–Kier alpha value is -4.64. The molecular formula is C26H23N3O5. The standard InChI is InChI=1S/C26H23N3O5/c1-17-7-10-24(18(2)11-17)28-26(30)21(15-27)13-20-8-9-23(33-3)14-25(20)34-16-19-5-4-6-22(12-19)29(31)32/h4-14H,16H2,1-3H3,(H,28,30)/b21-13+. The van der Waals surface area contributed by atoms with E-state index in [4.69, 9.17) is 9.47 Å². The summed E-state index contributed by atoms with van der Waals surface area (Å²) in [4.78, 5) is 23.3. The van der Waals surface area contributed by atoms with Gasteiger partial charge in [0.2, 0.25) is 0 Å². The van der Waals surface area contributed by atoms with E-state index in [2.05, 4.69) is 5.32 Å². The molecule has 0 atom stereocenters. The average molecular weight is 457 g/mol. The molecule has 0 aliphatic heterocycles. The Morgan fingerprint density at radius 1 is 1.15 bits per heavy atom.